The van der Waals surface area contributed by atoms with Gasteiger partial charge in [0.05, 0.1) is 6.42 Å². The third-order valence-corrected chi connectivity index (χ3v) is 4.28. The van der Waals surface area contributed by atoms with Gasteiger partial charge in [-0.1, -0.05) is 28.1 Å². The van der Waals surface area contributed by atoms with E-state index in [0.717, 1.165) is 10.0 Å². The molecule has 0 fully saturated rings. The van der Waals surface area contributed by atoms with Gasteiger partial charge in [0, 0.05) is 16.2 Å². The van der Waals surface area contributed by atoms with Crippen LogP contribution in [0.5, 0.6) is 11.5 Å². The first-order valence-electron chi connectivity index (χ1n) is 8.16. The molecule has 0 aromatic heterocycles. The number of ether oxygens (including phenoxy) is 3. The van der Waals surface area contributed by atoms with E-state index in [1.165, 1.54) is 6.92 Å². The highest BCUT2D eigenvalue weighted by atomic mass is 79.9. The van der Waals surface area contributed by atoms with Crippen molar-refractivity contribution in [3.8, 4) is 11.5 Å². The average molecular weight is 420 g/mol. The van der Waals surface area contributed by atoms with Crippen LogP contribution in [0.25, 0.3) is 0 Å². The summed E-state index contributed by atoms with van der Waals surface area (Å²) in [6.07, 6.45) is -0.805. The van der Waals surface area contributed by atoms with Gasteiger partial charge in [-0.15, -0.1) is 0 Å². The van der Waals surface area contributed by atoms with Crippen LogP contribution in [0.3, 0.4) is 0 Å². The van der Waals surface area contributed by atoms with Crippen LogP contribution in [0, 0.1) is 0 Å². The van der Waals surface area contributed by atoms with Gasteiger partial charge in [0.25, 0.3) is 5.91 Å². The lowest BCUT2D eigenvalue weighted by atomic mass is 10.1. The fourth-order valence-corrected chi connectivity index (χ4v) is 2.69. The van der Waals surface area contributed by atoms with E-state index in [0.29, 0.717) is 30.4 Å². The van der Waals surface area contributed by atoms with Gasteiger partial charge >= 0.3 is 5.97 Å². The van der Waals surface area contributed by atoms with Crippen LogP contribution < -0.4 is 14.8 Å². The van der Waals surface area contributed by atoms with Crippen LogP contribution in [0.2, 0.25) is 0 Å². The van der Waals surface area contributed by atoms with Gasteiger partial charge in [0.2, 0.25) is 0 Å². The highest BCUT2D eigenvalue weighted by Crippen LogP contribution is 2.32. The molecule has 1 atom stereocenters. The van der Waals surface area contributed by atoms with E-state index in [1.54, 1.807) is 18.2 Å². The summed E-state index contributed by atoms with van der Waals surface area (Å²) in [6.45, 7) is 2.51. The minimum atomic E-state index is -0.911. The van der Waals surface area contributed by atoms with Crippen LogP contribution in [-0.2, 0) is 20.7 Å². The van der Waals surface area contributed by atoms with Gasteiger partial charge in [0.15, 0.2) is 17.6 Å². The van der Waals surface area contributed by atoms with Crippen molar-refractivity contribution < 1.29 is 23.8 Å². The first-order valence-corrected chi connectivity index (χ1v) is 8.95. The number of carbonyl (C=O) groups excluding carboxylic acids is 2. The number of benzene rings is 2. The first-order chi connectivity index (χ1) is 12.5. The molecule has 6 nitrogen and oxygen atoms in total. The molecule has 3 rings (SSSR count). The van der Waals surface area contributed by atoms with Gasteiger partial charge in [-0.05, 0) is 36.8 Å². The number of halogens is 1. The largest absolute Gasteiger partial charge is 0.486 e. The summed E-state index contributed by atoms with van der Waals surface area (Å²) in [5.41, 5.74) is 1.37. The summed E-state index contributed by atoms with van der Waals surface area (Å²) in [5, 5.41) is 2.71. The lowest BCUT2D eigenvalue weighted by Gasteiger charge is -2.19. The van der Waals surface area contributed by atoms with Crippen LogP contribution >= 0.6 is 15.9 Å². The SMILES string of the molecule is CC(OC(=O)Cc1ccc(Br)cc1)C(=O)Nc1ccc2c(c1)OCCO2. The molecule has 2 aromatic rings. The zero-order valence-corrected chi connectivity index (χ0v) is 15.7. The third-order valence-electron chi connectivity index (χ3n) is 3.75. The molecule has 0 bridgehead atoms. The fourth-order valence-electron chi connectivity index (χ4n) is 2.43. The van der Waals surface area contributed by atoms with Crippen LogP contribution in [0.15, 0.2) is 46.9 Å². The van der Waals surface area contributed by atoms with Gasteiger partial charge in [-0.2, -0.15) is 0 Å². The minimum Gasteiger partial charge on any atom is -0.486 e. The molecule has 1 aliphatic rings. The number of hydrogen-bond donors (Lipinski definition) is 1. The smallest absolute Gasteiger partial charge is 0.311 e. The molecule has 1 unspecified atom stereocenters. The van der Waals surface area contributed by atoms with E-state index in [2.05, 4.69) is 21.2 Å². The number of amides is 1. The number of esters is 1. The van der Waals surface area contributed by atoms with Crippen molar-refractivity contribution in [2.45, 2.75) is 19.4 Å². The van der Waals surface area contributed by atoms with E-state index < -0.39 is 18.0 Å². The predicted octanol–water partition coefficient (Wildman–Crippen LogP) is 3.33. The fraction of sp³-hybridized carbons (Fsp3) is 0.263. The Morgan fingerprint density at radius 1 is 1.12 bits per heavy atom. The Balaban J connectivity index is 1.54. The van der Waals surface area contributed by atoms with Crippen molar-refractivity contribution in [2.75, 3.05) is 18.5 Å². The van der Waals surface area contributed by atoms with E-state index in [9.17, 15) is 9.59 Å². The highest BCUT2D eigenvalue weighted by molar-refractivity contribution is 9.10. The van der Waals surface area contributed by atoms with E-state index >= 15 is 0 Å². The Bertz CT molecular complexity index is 806. The topological polar surface area (TPSA) is 73.9 Å². The number of fused-ring (bicyclic) bond motifs is 1. The number of nitrogens with one attached hydrogen (secondary N) is 1. The summed E-state index contributed by atoms with van der Waals surface area (Å²) in [7, 11) is 0. The molecule has 0 saturated heterocycles. The Morgan fingerprint density at radius 2 is 1.81 bits per heavy atom. The van der Waals surface area contributed by atoms with Crippen molar-refractivity contribution in [1.29, 1.82) is 0 Å². The second-order valence-corrected chi connectivity index (χ2v) is 6.70. The van der Waals surface area contributed by atoms with Gasteiger partial charge in [-0.3, -0.25) is 9.59 Å². The standard InChI is InChI=1S/C19H18BrNO5/c1-12(26-18(22)10-13-2-4-14(20)5-3-13)19(23)21-15-6-7-16-17(11-15)25-9-8-24-16/h2-7,11-12H,8-10H2,1H3,(H,21,23). The zero-order chi connectivity index (χ0) is 18.5. The van der Waals surface area contributed by atoms with Crippen LogP contribution in [0.4, 0.5) is 5.69 Å². The number of rotatable bonds is 5. The van der Waals surface area contributed by atoms with Crippen molar-refractivity contribution in [2.24, 2.45) is 0 Å². The Morgan fingerprint density at radius 3 is 2.54 bits per heavy atom. The summed E-state index contributed by atoms with van der Waals surface area (Å²) in [5.74, 6) is 0.347. The van der Waals surface area contributed by atoms with Crippen molar-refractivity contribution in [1.82, 2.24) is 0 Å². The molecule has 1 amide bonds. The lowest BCUT2D eigenvalue weighted by molar-refractivity contribution is -0.152. The van der Waals surface area contributed by atoms with Gasteiger partial charge in [-0.25, -0.2) is 0 Å². The molecule has 1 N–H and O–H groups in total. The second kappa shape index (κ2) is 8.23. The Labute approximate surface area is 159 Å². The normalized spacial score (nSPS) is 13.6. The number of hydrogen-bond acceptors (Lipinski definition) is 5. The lowest BCUT2D eigenvalue weighted by Crippen LogP contribution is -2.30. The molecule has 0 aliphatic carbocycles. The maximum atomic E-state index is 12.2. The summed E-state index contributed by atoms with van der Waals surface area (Å²) in [4.78, 5) is 24.3. The Kier molecular flexibility index (Phi) is 5.78. The van der Waals surface area contributed by atoms with Crippen molar-refractivity contribution >= 4 is 33.5 Å². The second-order valence-electron chi connectivity index (χ2n) is 5.78. The minimum absolute atomic E-state index is 0.106. The van der Waals surface area contributed by atoms with Gasteiger partial charge in [0.1, 0.15) is 13.2 Å². The molecule has 7 heteroatoms. The first kappa shape index (κ1) is 18.3. The Hall–Kier alpha value is -2.54. The van der Waals surface area contributed by atoms with Crippen molar-refractivity contribution in [3.63, 3.8) is 0 Å². The van der Waals surface area contributed by atoms with E-state index in [4.69, 9.17) is 14.2 Å². The maximum Gasteiger partial charge on any atom is 0.311 e. The maximum absolute atomic E-state index is 12.2. The van der Waals surface area contributed by atoms with E-state index in [-0.39, 0.29) is 6.42 Å². The summed E-state index contributed by atoms with van der Waals surface area (Å²) in [6, 6.07) is 12.5. The molecule has 1 aliphatic heterocycles. The molecule has 1 heterocycles. The molecule has 136 valence electrons. The molecular formula is C19H18BrNO5. The van der Waals surface area contributed by atoms with Crippen LogP contribution in [-0.4, -0.2) is 31.2 Å². The van der Waals surface area contributed by atoms with Crippen LogP contribution in [0.1, 0.15) is 12.5 Å². The molecule has 2 aromatic carbocycles. The monoisotopic (exact) mass is 419 g/mol. The molecule has 0 saturated carbocycles. The predicted molar refractivity (Wildman–Crippen MR) is 99.5 cm³/mol. The number of anilines is 1. The van der Waals surface area contributed by atoms with Gasteiger partial charge < -0.3 is 19.5 Å². The summed E-state index contributed by atoms with van der Waals surface area (Å²) < 4.78 is 17.1. The molecule has 0 radical (unpaired) electrons. The average Bonchev–Trinajstić information content (AvgIpc) is 2.63. The quantitative estimate of drug-likeness (QED) is 0.752. The highest BCUT2D eigenvalue weighted by Gasteiger charge is 2.19. The molecule has 26 heavy (non-hydrogen) atoms. The third kappa shape index (κ3) is 4.76. The summed E-state index contributed by atoms with van der Waals surface area (Å²) >= 11 is 3.34. The number of carbonyl (C=O) groups is 2. The van der Waals surface area contributed by atoms with Crippen molar-refractivity contribution in [3.05, 3.63) is 52.5 Å². The molecule has 0 spiro atoms. The van der Waals surface area contributed by atoms with E-state index in [1.807, 2.05) is 24.3 Å². The molecular weight excluding hydrogens is 402 g/mol. The zero-order valence-electron chi connectivity index (χ0n) is 14.2.